The van der Waals surface area contributed by atoms with E-state index in [0.717, 1.165) is 18.8 Å². The minimum absolute atomic E-state index is 0.000626. The summed E-state index contributed by atoms with van der Waals surface area (Å²) in [4.78, 5) is 14.6. The van der Waals surface area contributed by atoms with E-state index in [-0.39, 0.29) is 5.91 Å². The first-order valence-corrected chi connectivity index (χ1v) is 7.76. The van der Waals surface area contributed by atoms with Gasteiger partial charge in [0.15, 0.2) is 0 Å². The number of rotatable bonds is 5. The number of carbonyl (C=O) groups excluding carboxylic acids is 1. The molecule has 1 atom stereocenters. The minimum Gasteiger partial charge on any atom is -0.497 e. The van der Waals surface area contributed by atoms with Crippen molar-refractivity contribution < 1.29 is 9.53 Å². The summed E-state index contributed by atoms with van der Waals surface area (Å²) in [6.07, 6.45) is 2.42. The van der Waals surface area contributed by atoms with Gasteiger partial charge >= 0.3 is 0 Å². The monoisotopic (exact) mass is 290 g/mol. The van der Waals surface area contributed by atoms with Gasteiger partial charge in [-0.3, -0.25) is 4.79 Å². The molecular formula is C17H26N2O2. The Bertz CT molecular complexity index is 456. The van der Waals surface area contributed by atoms with Crippen LogP contribution in [0.5, 0.6) is 5.75 Å². The molecule has 1 aliphatic rings. The SMILES string of the molecule is COc1ccc(C(=O)NCC2CCCN(C(C)C)C2)cc1. The van der Waals surface area contributed by atoms with Gasteiger partial charge in [0.05, 0.1) is 7.11 Å². The second kappa shape index (κ2) is 7.46. The lowest BCUT2D eigenvalue weighted by atomic mass is 9.97. The van der Waals surface area contributed by atoms with Gasteiger partial charge in [-0.1, -0.05) is 0 Å². The zero-order valence-electron chi connectivity index (χ0n) is 13.3. The Morgan fingerprint density at radius 1 is 1.38 bits per heavy atom. The van der Waals surface area contributed by atoms with Crippen molar-refractivity contribution in [2.45, 2.75) is 32.7 Å². The number of methoxy groups -OCH3 is 1. The molecule has 1 aromatic rings. The molecule has 1 heterocycles. The number of nitrogens with zero attached hydrogens (tertiary/aromatic N) is 1. The fourth-order valence-electron chi connectivity index (χ4n) is 2.81. The van der Waals surface area contributed by atoms with Gasteiger partial charge in [0.1, 0.15) is 5.75 Å². The molecule has 1 fully saturated rings. The highest BCUT2D eigenvalue weighted by Gasteiger charge is 2.22. The molecule has 0 radical (unpaired) electrons. The van der Waals surface area contributed by atoms with E-state index in [2.05, 4.69) is 24.1 Å². The first-order valence-electron chi connectivity index (χ1n) is 7.76. The van der Waals surface area contributed by atoms with E-state index in [4.69, 9.17) is 4.74 Å². The summed E-state index contributed by atoms with van der Waals surface area (Å²) in [7, 11) is 1.62. The lowest BCUT2D eigenvalue weighted by Crippen LogP contribution is -2.43. The Labute approximate surface area is 127 Å². The van der Waals surface area contributed by atoms with Crippen LogP contribution in [-0.4, -0.2) is 43.6 Å². The van der Waals surface area contributed by atoms with E-state index >= 15 is 0 Å². The predicted octanol–water partition coefficient (Wildman–Crippen LogP) is 2.55. The molecular weight excluding hydrogens is 264 g/mol. The third-order valence-corrected chi connectivity index (χ3v) is 4.18. The van der Waals surface area contributed by atoms with Gasteiger partial charge in [-0.05, 0) is 63.4 Å². The van der Waals surface area contributed by atoms with Crippen LogP contribution in [0.25, 0.3) is 0 Å². The van der Waals surface area contributed by atoms with E-state index in [1.54, 1.807) is 19.2 Å². The zero-order valence-corrected chi connectivity index (χ0v) is 13.3. The second-order valence-corrected chi connectivity index (χ2v) is 6.04. The zero-order chi connectivity index (χ0) is 15.2. The number of likely N-dealkylation sites (tertiary alicyclic amines) is 1. The van der Waals surface area contributed by atoms with E-state index in [0.29, 0.717) is 17.5 Å². The highest BCUT2D eigenvalue weighted by Crippen LogP contribution is 2.18. The number of nitrogens with one attached hydrogen (secondary N) is 1. The maximum atomic E-state index is 12.1. The molecule has 0 spiro atoms. The Morgan fingerprint density at radius 3 is 2.71 bits per heavy atom. The quantitative estimate of drug-likeness (QED) is 0.906. The summed E-state index contributed by atoms with van der Waals surface area (Å²) in [6.45, 7) is 7.49. The van der Waals surface area contributed by atoms with Gasteiger partial charge in [0.2, 0.25) is 0 Å². The maximum absolute atomic E-state index is 12.1. The topological polar surface area (TPSA) is 41.6 Å². The van der Waals surface area contributed by atoms with Crippen molar-refractivity contribution in [1.29, 1.82) is 0 Å². The van der Waals surface area contributed by atoms with E-state index in [9.17, 15) is 4.79 Å². The van der Waals surface area contributed by atoms with Gasteiger partial charge in [-0.15, -0.1) is 0 Å². The fourth-order valence-corrected chi connectivity index (χ4v) is 2.81. The van der Waals surface area contributed by atoms with Crippen molar-refractivity contribution >= 4 is 5.91 Å². The second-order valence-electron chi connectivity index (χ2n) is 6.04. The summed E-state index contributed by atoms with van der Waals surface area (Å²) < 4.78 is 5.10. The van der Waals surface area contributed by atoms with Crippen LogP contribution < -0.4 is 10.1 Å². The van der Waals surface area contributed by atoms with Crippen molar-refractivity contribution in [2.75, 3.05) is 26.7 Å². The van der Waals surface area contributed by atoms with E-state index in [1.165, 1.54) is 19.4 Å². The number of amides is 1. The van der Waals surface area contributed by atoms with Crippen molar-refractivity contribution in [1.82, 2.24) is 10.2 Å². The largest absolute Gasteiger partial charge is 0.497 e. The molecule has 1 N–H and O–H groups in total. The molecule has 0 saturated carbocycles. The summed E-state index contributed by atoms with van der Waals surface area (Å²) in [5, 5.41) is 3.06. The van der Waals surface area contributed by atoms with Crippen LogP contribution in [0, 0.1) is 5.92 Å². The van der Waals surface area contributed by atoms with E-state index in [1.807, 2.05) is 12.1 Å². The smallest absolute Gasteiger partial charge is 0.251 e. The average molecular weight is 290 g/mol. The summed E-state index contributed by atoms with van der Waals surface area (Å²) in [5.41, 5.74) is 0.687. The molecule has 1 aromatic carbocycles. The van der Waals surface area contributed by atoms with Crippen LogP contribution in [0.15, 0.2) is 24.3 Å². The Hall–Kier alpha value is -1.55. The molecule has 1 amide bonds. The first kappa shape index (κ1) is 15.8. The molecule has 1 saturated heterocycles. The number of carbonyl (C=O) groups is 1. The number of ether oxygens (including phenoxy) is 1. The molecule has 1 unspecified atom stereocenters. The van der Waals surface area contributed by atoms with Gasteiger partial charge in [-0.25, -0.2) is 0 Å². The van der Waals surface area contributed by atoms with Gasteiger partial charge in [0, 0.05) is 24.7 Å². The van der Waals surface area contributed by atoms with Crippen LogP contribution in [-0.2, 0) is 0 Å². The lowest BCUT2D eigenvalue weighted by molar-refractivity contribution is 0.0922. The van der Waals surface area contributed by atoms with Crippen molar-refractivity contribution in [3.8, 4) is 5.75 Å². The van der Waals surface area contributed by atoms with Crippen LogP contribution in [0.3, 0.4) is 0 Å². The summed E-state index contributed by atoms with van der Waals surface area (Å²) >= 11 is 0. The Kier molecular flexibility index (Phi) is 5.62. The molecule has 0 aliphatic carbocycles. The third-order valence-electron chi connectivity index (χ3n) is 4.18. The predicted molar refractivity (Wildman–Crippen MR) is 84.8 cm³/mol. The van der Waals surface area contributed by atoms with Gasteiger partial charge in [0.25, 0.3) is 5.91 Å². The molecule has 4 nitrogen and oxygen atoms in total. The maximum Gasteiger partial charge on any atom is 0.251 e. The Balaban J connectivity index is 1.82. The van der Waals surface area contributed by atoms with Crippen LogP contribution >= 0.6 is 0 Å². The van der Waals surface area contributed by atoms with Crippen LogP contribution in [0.2, 0.25) is 0 Å². The van der Waals surface area contributed by atoms with Gasteiger partial charge < -0.3 is 15.0 Å². The molecule has 1 aliphatic heterocycles. The van der Waals surface area contributed by atoms with Crippen molar-refractivity contribution in [3.05, 3.63) is 29.8 Å². The molecule has 2 rings (SSSR count). The molecule has 0 aromatic heterocycles. The Morgan fingerprint density at radius 2 is 2.10 bits per heavy atom. The summed E-state index contributed by atoms with van der Waals surface area (Å²) in [6, 6.07) is 7.82. The first-order chi connectivity index (χ1) is 10.1. The normalized spacial score (nSPS) is 19.5. The minimum atomic E-state index is -0.000626. The highest BCUT2D eigenvalue weighted by atomic mass is 16.5. The average Bonchev–Trinajstić information content (AvgIpc) is 2.53. The fraction of sp³-hybridized carbons (Fsp3) is 0.588. The molecule has 116 valence electrons. The number of hydrogen-bond acceptors (Lipinski definition) is 3. The summed E-state index contributed by atoms with van der Waals surface area (Å²) in [5.74, 6) is 1.33. The molecule has 21 heavy (non-hydrogen) atoms. The van der Waals surface area contributed by atoms with Crippen molar-refractivity contribution in [3.63, 3.8) is 0 Å². The van der Waals surface area contributed by atoms with Crippen LogP contribution in [0.1, 0.15) is 37.0 Å². The van der Waals surface area contributed by atoms with E-state index < -0.39 is 0 Å². The number of piperidine rings is 1. The van der Waals surface area contributed by atoms with Crippen molar-refractivity contribution in [2.24, 2.45) is 5.92 Å². The third kappa shape index (κ3) is 4.46. The van der Waals surface area contributed by atoms with Crippen LogP contribution in [0.4, 0.5) is 0 Å². The lowest BCUT2D eigenvalue weighted by Gasteiger charge is -2.35. The molecule has 0 bridgehead atoms. The number of hydrogen-bond donors (Lipinski definition) is 1. The van der Waals surface area contributed by atoms with Gasteiger partial charge in [-0.2, -0.15) is 0 Å². The highest BCUT2D eigenvalue weighted by molar-refractivity contribution is 5.94. The molecule has 4 heteroatoms. The number of benzene rings is 1. The standard InChI is InChI=1S/C17H26N2O2/c1-13(2)19-10-4-5-14(12-19)11-18-17(20)15-6-8-16(21-3)9-7-15/h6-9,13-14H,4-5,10-12H2,1-3H3,(H,18,20).